The first kappa shape index (κ1) is 24.9. The Hall–Kier alpha value is -0.200. The Balaban J connectivity index is 1.53. The minimum Gasteiger partial charge on any atom is -0.396 e. The minimum absolute atomic E-state index is 0.00915. The number of aliphatic hydroxyl groups excluding tert-OH is 5. The maximum atomic E-state index is 11.6. The molecule has 5 unspecified atom stereocenters. The second-order valence-corrected chi connectivity index (χ2v) is 12.8. The molecule has 4 fully saturated rings. The molecule has 4 aliphatic carbocycles. The van der Waals surface area contributed by atoms with Crippen LogP contribution >= 0.6 is 0 Å². The summed E-state index contributed by atoms with van der Waals surface area (Å²) in [6.45, 7) is 8.82. The van der Waals surface area contributed by atoms with E-state index in [0.717, 1.165) is 51.4 Å². The molecule has 0 aromatic heterocycles. The third-order valence-corrected chi connectivity index (χ3v) is 11.4. The predicted molar refractivity (Wildman–Crippen MR) is 125 cm³/mol. The molecule has 4 aliphatic rings. The van der Waals surface area contributed by atoms with Gasteiger partial charge in [0.15, 0.2) is 0 Å². The van der Waals surface area contributed by atoms with Crippen molar-refractivity contribution in [2.75, 3.05) is 6.61 Å². The van der Waals surface area contributed by atoms with E-state index in [1.54, 1.807) is 0 Å². The van der Waals surface area contributed by atoms with Crippen molar-refractivity contribution in [2.24, 2.45) is 52.3 Å². The second kappa shape index (κ2) is 9.11. The molecule has 0 saturated heterocycles. The summed E-state index contributed by atoms with van der Waals surface area (Å²) in [5.74, 6) is 1.96. The highest BCUT2D eigenvalue weighted by atomic mass is 16.3. The highest BCUT2D eigenvalue weighted by Crippen LogP contribution is 2.68. The molecule has 4 saturated carbocycles. The molecule has 0 spiro atoms. The molecule has 0 aliphatic heterocycles. The van der Waals surface area contributed by atoms with Crippen LogP contribution in [-0.4, -0.2) is 56.6 Å². The molecule has 0 bridgehead atoms. The van der Waals surface area contributed by atoms with Crippen LogP contribution in [0.4, 0.5) is 0 Å². The molecule has 5 nitrogen and oxygen atoms in total. The lowest BCUT2D eigenvalue weighted by Gasteiger charge is -2.63. The minimum atomic E-state index is -0.480. The zero-order chi connectivity index (χ0) is 23.4. The van der Waals surface area contributed by atoms with E-state index >= 15 is 0 Å². The van der Waals surface area contributed by atoms with Crippen molar-refractivity contribution in [1.82, 2.24) is 0 Å². The maximum absolute atomic E-state index is 11.6. The van der Waals surface area contributed by atoms with Gasteiger partial charge >= 0.3 is 0 Å². The van der Waals surface area contributed by atoms with Gasteiger partial charge in [0.2, 0.25) is 0 Å². The van der Waals surface area contributed by atoms with E-state index in [1.165, 1.54) is 0 Å². The highest BCUT2D eigenvalue weighted by molar-refractivity contribution is 5.14. The van der Waals surface area contributed by atoms with Gasteiger partial charge in [0.1, 0.15) is 0 Å². The Kier molecular flexibility index (Phi) is 7.09. The van der Waals surface area contributed by atoms with Crippen LogP contribution in [0.3, 0.4) is 0 Å². The molecule has 13 atom stereocenters. The number of hydrogen-bond acceptors (Lipinski definition) is 5. The van der Waals surface area contributed by atoms with Crippen LogP contribution in [0, 0.1) is 52.3 Å². The van der Waals surface area contributed by atoms with E-state index in [1.807, 2.05) is 6.92 Å². The molecule has 0 radical (unpaired) electrons. The predicted octanol–water partition coefficient (Wildman–Crippen LogP) is 3.35. The van der Waals surface area contributed by atoms with Crippen molar-refractivity contribution in [3.05, 3.63) is 0 Å². The maximum Gasteiger partial charge on any atom is 0.0602 e. The van der Waals surface area contributed by atoms with Gasteiger partial charge in [-0.3, -0.25) is 0 Å². The number of fused-ring (bicyclic) bond motifs is 5. The lowest BCUT2D eigenvalue weighted by Crippen LogP contribution is -2.62. The van der Waals surface area contributed by atoms with E-state index in [9.17, 15) is 25.5 Å². The number of hydrogen-bond donors (Lipinski definition) is 5. The molecule has 186 valence electrons. The first-order valence-electron chi connectivity index (χ1n) is 13.4. The van der Waals surface area contributed by atoms with Crippen molar-refractivity contribution in [2.45, 2.75) is 110 Å². The van der Waals surface area contributed by atoms with Gasteiger partial charge in [-0.25, -0.2) is 0 Å². The summed E-state index contributed by atoms with van der Waals surface area (Å²) in [5, 5.41) is 52.9. The number of aliphatic hydroxyl groups is 5. The summed E-state index contributed by atoms with van der Waals surface area (Å²) in [4.78, 5) is 0. The second-order valence-electron chi connectivity index (χ2n) is 12.8. The lowest BCUT2D eigenvalue weighted by atomic mass is 9.43. The Morgan fingerprint density at radius 2 is 1.62 bits per heavy atom. The van der Waals surface area contributed by atoms with Gasteiger partial charge in [-0.1, -0.05) is 27.7 Å². The van der Waals surface area contributed by atoms with Crippen molar-refractivity contribution in [3.63, 3.8) is 0 Å². The fourth-order valence-corrected chi connectivity index (χ4v) is 9.17. The number of rotatable bonds is 6. The largest absolute Gasteiger partial charge is 0.396 e. The summed E-state index contributed by atoms with van der Waals surface area (Å²) < 4.78 is 0. The first-order valence-corrected chi connectivity index (χ1v) is 13.4. The highest BCUT2D eigenvalue weighted by Gasteiger charge is 2.65. The zero-order valence-electron chi connectivity index (χ0n) is 20.7. The average Bonchev–Trinajstić information content (AvgIpc) is 3.11. The van der Waals surface area contributed by atoms with Gasteiger partial charge in [0, 0.05) is 12.5 Å². The van der Waals surface area contributed by atoms with Crippen LogP contribution in [0.25, 0.3) is 0 Å². The van der Waals surface area contributed by atoms with Crippen molar-refractivity contribution in [1.29, 1.82) is 0 Å². The third kappa shape index (κ3) is 3.88. The van der Waals surface area contributed by atoms with E-state index in [-0.39, 0.29) is 47.6 Å². The van der Waals surface area contributed by atoms with Crippen LogP contribution in [-0.2, 0) is 0 Å². The first-order chi connectivity index (χ1) is 15.0. The third-order valence-electron chi connectivity index (χ3n) is 11.4. The summed E-state index contributed by atoms with van der Waals surface area (Å²) in [6, 6.07) is 0. The molecule has 0 amide bonds. The fourth-order valence-electron chi connectivity index (χ4n) is 9.17. The normalized spacial score (nSPS) is 51.3. The quantitative estimate of drug-likeness (QED) is 0.425. The Morgan fingerprint density at radius 1 is 0.906 bits per heavy atom. The van der Waals surface area contributed by atoms with Gasteiger partial charge in [0.05, 0.1) is 24.4 Å². The van der Waals surface area contributed by atoms with Crippen LogP contribution in [0.5, 0.6) is 0 Å². The molecule has 4 rings (SSSR count). The molecule has 5 heteroatoms. The Morgan fingerprint density at radius 3 is 2.31 bits per heavy atom. The van der Waals surface area contributed by atoms with Gasteiger partial charge < -0.3 is 25.5 Å². The van der Waals surface area contributed by atoms with E-state index in [0.29, 0.717) is 36.0 Å². The molecule has 0 aromatic carbocycles. The van der Waals surface area contributed by atoms with Crippen LogP contribution in [0.2, 0.25) is 0 Å². The summed E-state index contributed by atoms with van der Waals surface area (Å²) in [5.41, 5.74) is -0.0772. The van der Waals surface area contributed by atoms with Crippen LogP contribution in [0.1, 0.15) is 85.5 Å². The molecule has 5 N–H and O–H groups in total. The molecule has 32 heavy (non-hydrogen) atoms. The summed E-state index contributed by atoms with van der Waals surface area (Å²) in [7, 11) is 0. The Labute approximate surface area is 194 Å². The van der Waals surface area contributed by atoms with Gasteiger partial charge in [-0.2, -0.15) is 0 Å². The standard InChI is InChI=1S/C27H48O5/c1-15(5-8-22(30)16(2)14-28)19-6-7-20-25-21(13-24(32)27(19,20)4)26(3)10-9-18(29)11-17(26)12-23(25)31/h15-25,28-32H,5-14H2,1-4H3/t15?,16?,17?,18-,19-,20+,21+,22+,23-,24+,25+,26?,27?/m1/s1. The van der Waals surface area contributed by atoms with Crippen LogP contribution in [0.15, 0.2) is 0 Å². The van der Waals surface area contributed by atoms with Crippen molar-refractivity contribution in [3.8, 4) is 0 Å². The molecule has 0 heterocycles. The fraction of sp³-hybridized carbons (Fsp3) is 1.00. The van der Waals surface area contributed by atoms with Crippen molar-refractivity contribution >= 4 is 0 Å². The molecular formula is C27H48O5. The molecular weight excluding hydrogens is 404 g/mol. The van der Waals surface area contributed by atoms with Crippen LogP contribution < -0.4 is 0 Å². The topological polar surface area (TPSA) is 101 Å². The smallest absolute Gasteiger partial charge is 0.0602 e. The van der Waals surface area contributed by atoms with Gasteiger partial charge in [0.25, 0.3) is 0 Å². The average molecular weight is 453 g/mol. The van der Waals surface area contributed by atoms with E-state index in [2.05, 4.69) is 20.8 Å². The lowest BCUT2D eigenvalue weighted by molar-refractivity contribution is -0.207. The molecule has 0 aromatic rings. The summed E-state index contributed by atoms with van der Waals surface area (Å²) >= 11 is 0. The zero-order valence-corrected chi connectivity index (χ0v) is 20.7. The van der Waals surface area contributed by atoms with Gasteiger partial charge in [-0.05, 0) is 104 Å². The van der Waals surface area contributed by atoms with E-state index in [4.69, 9.17) is 0 Å². The Bertz CT molecular complexity index is 656. The monoisotopic (exact) mass is 452 g/mol. The summed E-state index contributed by atoms with van der Waals surface area (Å²) in [6.07, 6.45) is 6.54. The van der Waals surface area contributed by atoms with Crippen molar-refractivity contribution < 1.29 is 25.5 Å². The SMILES string of the molecule is CC(CC[C@H](O)C(C)CO)[C@H]1CC[C@H]2[C@@H]3[C@H](O)CC4C[C@H](O)CCC4(C)[C@H]3C[C@H](O)C12C. The van der Waals surface area contributed by atoms with E-state index < -0.39 is 6.10 Å². The van der Waals surface area contributed by atoms with Gasteiger partial charge in [-0.15, -0.1) is 0 Å².